The molecule has 1 amide bonds. The van der Waals surface area contributed by atoms with Crippen LogP contribution in [0.3, 0.4) is 0 Å². The molecule has 1 aromatic heterocycles. The molecule has 39 heavy (non-hydrogen) atoms. The van der Waals surface area contributed by atoms with Crippen molar-refractivity contribution in [1.82, 2.24) is 14.9 Å². The minimum absolute atomic E-state index is 0.0140. The lowest BCUT2D eigenvalue weighted by atomic mass is 9.40. The second-order valence-corrected chi connectivity index (χ2v) is 13.9. The van der Waals surface area contributed by atoms with E-state index in [0.29, 0.717) is 29.6 Å². The summed E-state index contributed by atoms with van der Waals surface area (Å²) in [5.74, 6) is 2.40. The summed E-state index contributed by atoms with van der Waals surface area (Å²) in [5, 5.41) is 3.25. The first-order valence-corrected chi connectivity index (χ1v) is 14.7. The van der Waals surface area contributed by atoms with Crippen molar-refractivity contribution in [3.63, 3.8) is 0 Å². The van der Waals surface area contributed by atoms with E-state index in [4.69, 9.17) is 9.47 Å². The number of carbonyl (C=O) groups is 1. The molecule has 0 aromatic carbocycles. The van der Waals surface area contributed by atoms with Crippen molar-refractivity contribution in [2.24, 2.45) is 22.2 Å². The van der Waals surface area contributed by atoms with Crippen LogP contribution >= 0.6 is 0 Å². The van der Waals surface area contributed by atoms with E-state index in [2.05, 4.69) is 52.3 Å². The normalized spacial score (nSPS) is 35.4. The number of anilines is 1. The number of carbonyl (C=O) groups excluding carboxylic acids is 1. The summed E-state index contributed by atoms with van der Waals surface area (Å²) in [6, 6.07) is -0.0140. The van der Waals surface area contributed by atoms with Crippen molar-refractivity contribution in [2.75, 3.05) is 11.9 Å². The molecule has 4 fully saturated rings. The van der Waals surface area contributed by atoms with E-state index >= 15 is 0 Å². The first-order valence-electron chi connectivity index (χ1n) is 14.7. The number of nitrogens with zero attached hydrogens (tertiary/aromatic N) is 3. The third kappa shape index (κ3) is 4.73. The molecule has 206 valence electrons. The van der Waals surface area contributed by atoms with Crippen molar-refractivity contribution < 1.29 is 14.3 Å². The zero-order valence-corrected chi connectivity index (χ0v) is 23.2. The van der Waals surface area contributed by atoms with Gasteiger partial charge in [0.1, 0.15) is 30.9 Å². The Hall–Kier alpha value is -2.93. The summed E-state index contributed by atoms with van der Waals surface area (Å²) in [6.45, 7) is 6.43. The number of amides is 1. The lowest BCUT2D eigenvalue weighted by molar-refractivity contribution is -0.153. The lowest BCUT2D eigenvalue weighted by Crippen LogP contribution is -2.55. The van der Waals surface area contributed by atoms with Crippen molar-refractivity contribution in [3.05, 3.63) is 65.9 Å². The van der Waals surface area contributed by atoms with Gasteiger partial charge in [0, 0.05) is 25.1 Å². The van der Waals surface area contributed by atoms with Crippen LogP contribution < -0.4 is 5.32 Å². The van der Waals surface area contributed by atoms with Crippen molar-refractivity contribution in [3.8, 4) is 0 Å². The number of nitrogens with one attached hydrogen (secondary N) is 1. The van der Waals surface area contributed by atoms with E-state index in [1.54, 1.807) is 25.1 Å². The number of ether oxygens (including phenoxy) is 2. The Morgan fingerprint density at radius 1 is 1.13 bits per heavy atom. The predicted octanol–water partition coefficient (Wildman–Crippen LogP) is 6.16. The van der Waals surface area contributed by atoms with E-state index in [-0.39, 0.29) is 17.4 Å². The van der Waals surface area contributed by atoms with Gasteiger partial charge in [-0.25, -0.2) is 9.97 Å². The van der Waals surface area contributed by atoms with Crippen LogP contribution in [0.2, 0.25) is 0 Å². The van der Waals surface area contributed by atoms with Gasteiger partial charge in [0.15, 0.2) is 5.76 Å². The second kappa shape index (κ2) is 9.33. The maximum atomic E-state index is 13.5. The number of rotatable bonds is 6. The minimum atomic E-state index is -0.0140. The Bertz CT molecular complexity index is 1280. The van der Waals surface area contributed by atoms with Gasteiger partial charge in [0.05, 0.1) is 11.7 Å². The number of hydrogen-bond acceptors (Lipinski definition) is 6. The van der Waals surface area contributed by atoms with Gasteiger partial charge in [-0.3, -0.25) is 9.69 Å². The van der Waals surface area contributed by atoms with Crippen molar-refractivity contribution in [2.45, 2.75) is 90.6 Å². The Labute approximate surface area is 231 Å². The Kier molecular flexibility index (Phi) is 5.99. The van der Waals surface area contributed by atoms with Crippen LogP contribution in [0.1, 0.15) is 82.9 Å². The molecule has 2 aliphatic heterocycles. The molecule has 1 N–H and O–H groups in total. The van der Waals surface area contributed by atoms with E-state index in [1.165, 1.54) is 44.1 Å². The van der Waals surface area contributed by atoms with Gasteiger partial charge >= 0.3 is 0 Å². The third-order valence-electron chi connectivity index (χ3n) is 10.1. The number of hydrogen-bond donors (Lipinski definition) is 1. The molecular formula is C32H40N4O3. The first kappa shape index (κ1) is 25.1. The van der Waals surface area contributed by atoms with Gasteiger partial charge in [-0.1, -0.05) is 32.1 Å². The van der Waals surface area contributed by atoms with Gasteiger partial charge in [-0.05, 0) is 85.5 Å². The summed E-state index contributed by atoms with van der Waals surface area (Å²) in [6.07, 6.45) is 24.0. The summed E-state index contributed by atoms with van der Waals surface area (Å²) in [7, 11) is 0. The highest BCUT2D eigenvalue weighted by molar-refractivity contribution is 5.91. The maximum absolute atomic E-state index is 13.5. The molecule has 0 spiro atoms. The fraction of sp³-hybridized carbons (Fsp3) is 0.594. The highest BCUT2D eigenvalue weighted by Crippen LogP contribution is 2.70. The zero-order chi connectivity index (χ0) is 26.7. The molecule has 3 atom stereocenters. The Morgan fingerprint density at radius 3 is 2.69 bits per heavy atom. The fourth-order valence-corrected chi connectivity index (χ4v) is 9.95. The number of allylic oxidation sites excluding steroid dienone is 3. The SMILES string of the molecule is CC12CC3CC(C)(C1)CC(CC(=O)Nc1ncnc4c1CCN(C(C1=CC=CCC1)C1=COC=CO1)C4)(C3)C2. The molecular weight excluding hydrogens is 488 g/mol. The molecule has 3 unspecified atom stereocenters. The smallest absolute Gasteiger partial charge is 0.226 e. The molecule has 7 aliphatic rings. The fourth-order valence-electron chi connectivity index (χ4n) is 9.95. The Morgan fingerprint density at radius 2 is 1.97 bits per heavy atom. The lowest BCUT2D eigenvalue weighted by Gasteiger charge is -2.65. The average Bonchev–Trinajstić information content (AvgIpc) is 2.88. The maximum Gasteiger partial charge on any atom is 0.226 e. The van der Waals surface area contributed by atoms with E-state index in [0.717, 1.165) is 48.7 Å². The van der Waals surface area contributed by atoms with E-state index in [1.807, 2.05) is 0 Å². The molecule has 8 rings (SSSR count). The van der Waals surface area contributed by atoms with Gasteiger partial charge in [-0.2, -0.15) is 0 Å². The van der Waals surface area contributed by atoms with Crippen LogP contribution in [-0.4, -0.2) is 33.4 Å². The van der Waals surface area contributed by atoms with Crippen LogP contribution in [0.15, 0.2) is 54.7 Å². The van der Waals surface area contributed by atoms with E-state index < -0.39 is 0 Å². The number of aromatic nitrogens is 2. The van der Waals surface area contributed by atoms with E-state index in [9.17, 15) is 4.79 Å². The summed E-state index contributed by atoms with van der Waals surface area (Å²) in [4.78, 5) is 25.2. The van der Waals surface area contributed by atoms with Crippen LogP contribution in [0.5, 0.6) is 0 Å². The molecule has 0 radical (unpaired) electrons. The average molecular weight is 529 g/mol. The molecule has 3 heterocycles. The molecule has 7 nitrogen and oxygen atoms in total. The summed E-state index contributed by atoms with van der Waals surface area (Å²) in [5.41, 5.74) is 4.32. The van der Waals surface area contributed by atoms with Crippen molar-refractivity contribution in [1.29, 1.82) is 0 Å². The Balaban J connectivity index is 1.08. The highest BCUT2D eigenvalue weighted by atomic mass is 16.5. The monoisotopic (exact) mass is 528 g/mol. The van der Waals surface area contributed by atoms with Gasteiger partial charge in [0.25, 0.3) is 0 Å². The number of fused-ring (bicyclic) bond motifs is 1. The summed E-state index contributed by atoms with van der Waals surface area (Å²) >= 11 is 0. The topological polar surface area (TPSA) is 76.6 Å². The first-order chi connectivity index (χ1) is 18.8. The van der Waals surface area contributed by atoms with Crippen LogP contribution in [-0.2, 0) is 27.2 Å². The standard InChI is InChI=1S/C32H40N4O3/c1-30-12-22-13-31(2,18-30)20-32(14-22,19-30)15-27(37)35-29-24-8-9-36(16-25(24)33-21-34-29)28(23-6-4-3-5-7-23)26-17-38-10-11-39-26/h3-4,6,10-11,17,21-22,28H,5,7-9,12-16,18-20H2,1-2H3,(H,33,34,35,37). The third-order valence-corrected chi connectivity index (χ3v) is 10.1. The van der Waals surface area contributed by atoms with Gasteiger partial charge in [-0.15, -0.1) is 0 Å². The molecule has 4 saturated carbocycles. The predicted molar refractivity (Wildman–Crippen MR) is 149 cm³/mol. The molecule has 5 aliphatic carbocycles. The molecule has 7 heteroatoms. The van der Waals surface area contributed by atoms with Crippen molar-refractivity contribution >= 4 is 11.7 Å². The zero-order valence-electron chi connectivity index (χ0n) is 23.2. The minimum Gasteiger partial charge on any atom is -0.466 e. The van der Waals surface area contributed by atoms with Crippen LogP contribution in [0.4, 0.5) is 5.82 Å². The van der Waals surface area contributed by atoms with Gasteiger partial charge < -0.3 is 14.8 Å². The second-order valence-electron chi connectivity index (χ2n) is 13.9. The quantitative estimate of drug-likeness (QED) is 0.476. The van der Waals surface area contributed by atoms with Crippen LogP contribution in [0.25, 0.3) is 0 Å². The molecule has 1 aromatic rings. The largest absolute Gasteiger partial charge is 0.466 e. The van der Waals surface area contributed by atoms with Gasteiger partial charge in [0.2, 0.25) is 5.91 Å². The summed E-state index contributed by atoms with van der Waals surface area (Å²) < 4.78 is 11.4. The highest BCUT2D eigenvalue weighted by Gasteiger charge is 2.60. The molecule has 0 saturated heterocycles. The van der Waals surface area contributed by atoms with Crippen LogP contribution in [0, 0.1) is 22.2 Å². The molecule has 4 bridgehead atoms.